The molecule has 4 aromatic rings. The maximum atomic E-state index is 12.0. The number of nitrogens with zero attached hydrogens (tertiary/aromatic N) is 4. The second-order valence-electron chi connectivity index (χ2n) is 5.73. The molecule has 2 aromatic carbocycles. The summed E-state index contributed by atoms with van der Waals surface area (Å²) in [5, 5.41) is 16.1. The van der Waals surface area contributed by atoms with Crippen LogP contribution in [0.3, 0.4) is 0 Å². The summed E-state index contributed by atoms with van der Waals surface area (Å²) in [6.45, 7) is 0.909. The molecule has 0 bridgehead atoms. The van der Waals surface area contributed by atoms with Gasteiger partial charge in [0.25, 0.3) is 5.56 Å². The molecule has 2 aromatic heterocycles. The Morgan fingerprint density at radius 3 is 2.72 bits per heavy atom. The molecule has 0 saturated carbocycles. The van der Waals surface area contributed by atoms with Crippen molar-refractivity contribution in [1.29, 1.82) is 0 Å². The van der Waals surface area contributed by atoms with E-state index >= 15 is 0 Å². The normalized spacial score (nSPS) is 11.1. The standard InChI is InChI=1S/C18H16N6O/c19-9-16-15-8-13(6-7-14(15)18(25)23-21-16)17-22-20-11-24(17)10-12-4-2-1-3-5-12/h1-8,11H,9-10,19H2,(H,23,25). The molecule has 2 heterocycles. The van der Waals surface area contributed by atoms with E-state index in [1.807, 2.05) is 34.9 Å². The van der Waals surface area contributed by atoms with E-state index in [0.29, 0.717) is 17.6 Å². The van der Waals surface area contributed by atoms with Crippen LogP contribution in [0, 0.1) is 0 Å². The largest absolute Gasteiger partial charge is 0.325 e. The lowest BCUT2D eigenvalue weighted by Crippen LogP contribution is -2.13. The highest BCUT2D eigenvalue weighted by Crippen LogP contribution is 2.23. The fraction of sp³-hybridized carbons (Fsp3) is 0.111. The van der Waals surface area contributed by atoms with Gasteiger partial charge in [0.15, 0.2) is 5.82 Å². The second kappa shape index (κ2) is 6.29. The Morgan fingerprint density at radius 2 is 1.92 bits per heavy atom. The SMILES string of the molecule is NCc1n[nH]c(=O)c2ccc(-c3nncn3Cc3ccccc3)cc12. The first kappa shape index (κ1) is 15.2. The number of aromatic amines is 1. The van der Waals surface area contributed by atoms with E-state index in [4.69, 9.17) is 5.73 Å². The third-order valence-electron chi connectivity index (χ3n) is 4.13. The Bertz CT molecular complexity index is 1080. The minimum absolute atomic E-state index is 0.232. The Hall–Kier alpha value is -3.32. The van der Waals surface area contributed by atoms with E-state index in [-0.39, 0.29) is 12.1 Å². The second-order valence-corrected chi connectivity index (χ2v) is 5.73. The lowest BCUT2D eigenvalue weighted by Gasteiger charge is -2.08. The van der Waals surface area contributed by atoms with Crippen molar-refractivity contribution in [2.24, 2.45) is 5.73 Å². The first-order valence-corrected chi connectivity index (χ1v) is 7.90. The number of benzene rings is 2. The summed E-state index contributed by atoms with van der Waals surface area (Å²) in [7, 11) is 0. The van der Waals surface area contributed by atoms with Gasteiger partial charge in [0.1, 0.15) is 6.33 Å². The monoisotopic (exact) mass is 332 g/mol. The molecule has 0 saturated heterocycles. The van der Waals surface area contributed by atoms with E-state index in [2.05, 4.69) is 32.5 Å². The van der Waals surface area contributed by atoms with Gasteiger partial charge in [0, 0.05) is 17.5 Å². The van der Waals surface area contributed by atoms with Crippen LogP contribution in [0.4, 0.5) is 0 Å². The predicted molar refractivity (Wildman–Crippen MR) is 94.8 cm³/mol. The van der Waals surface area contributed by atoms with Crippen LogP contribution in [0.5, 0.6) is 0 Å². The smallest absolute Gasteiger partial charge is 0.272 e. The van der Waals surface area contributed by atoms with Crippen LogP contribution in [0.1, 0.15) is 11.3 Å². The van der Waals surface area contributed by atoms with Crippen molar-refractivity contribution in [3.63, 3.8) is 0 Å². The molecule has 3 N–H and O–H groups in total. The summed E-state index contributed by atoms with van der Waals surface area (Å²) in [6.07, 6.45) is 1.70. The number of fused-ring (bicyclic) bond motifs is 1. The van der Waals surface area contributed by atoms with Crippen molar-refractivity contribution in [3.8, 4) is 11.4 Å². The van der Waals surface area contributed by atoms with Gasteiger partial charge in [-0.05, 0) is 17.7 Å². The fourth-order valence-electron chi connectivity index (χ4n) is 2.89. The van der Waals surface area contributed by atoms with E-state index < -0.39 is 0 Å². The van der Waals surface area contributed by atoms with Gasteiger partial charge in [-0.25, -0.2) is 5.10 Å². The van der Waals surface area contributed by atoms with Crippen molar-refractivity contribution < 1.29 is 0 Å². The lowest BCUT2D eigenvalue weighted by atomic mass is 10.1. The molecule has 0 aliphatic rings. The molecular formula is C18H16N6O. The average Bonchev–Trinajstić information content (AvgIpc) is 3.11. The van der Waals surface area contributed by atoms with E-state index in [0.717, 1.165) is 22.3 Å². The highest BCUT2D eigenvalue weighted by molar-refractivity contribution is 5.87. The number of nitrogens with one attached hydrogen (secondary N) is 1. The zero-order valence-corrected chi connectivity index (χ0v) is 13.4. The van der Waals surface area contributed by atoms with E-state index in [1.54, 1.807) is 12.4 Å². The van der Waals surface area contributed by atoms with Gasteiger partial charge < -0.3 is 10.3 Å². The Balaban J connectivity index is 1.81. The quantitative estimate of drug-likeness (QED) is 0.592. The molecule has 0 amide bonds. The molecule has 7 heteroatoms. The van der Waals surface area contributed by atoms with Crippen molar-refractivity contribution in [3.05, 3.63) is 76.5 Å². The maximum Gasteiger partial charge on any atom is 0.272 e. The van der Waals surface area contributed by atoms with Gasteiger partial charge in [0.2, 0.25) is 0 Å². The van der Waals surface area contributed by atoms with Gasteiger partial charge in [-0.1, -0.05) is 36.4 Å². The third kappa shape index (κ3) is 2.81. The molecule has 25 heavy (non-hydrogen) atoms. The summed E-state index contributed by atoms with van der Waals surface area (Å²) in [5.41, 5.74) is 8.18. The van der Waals surface area contributed by atoms with Gasteiger partial charge in [-0.3, -0.25) is 4.79 Å². The number of nitrogens with two attached hydrogens (primary N) is 1. The predicted octanol–water partition coefficient (Wildman–Crippen LogP) is 1.69. The first-order chi connectivity index (χ1) is 12.3. The molecule has 0 radical (unpaired) electrons. The zero-order chi connectivity index (χ0) is 17.2. The zero-order valence-electron chi connectivity index (χ0n) is 13.4. The summed E-state index contributed by atoms with van der Waals surface area (Å²) in [4.78, 5) is 12.0. The highest BCUT2D eigenvalue weighted by atomic mass is 16.1. The number of hydrogen-bond acceptors (Lipinski definition) is 5. The topological polar surface area (TPSA) is 102 Å². The fourth-order valence-corrected chi connectivity index (χ4v) is 2.89. The van der Waals surface area contributed by atoms with Crippen molar-refractivity contribution in [1.82, 2.24) is 25.0 Å². The molecule has 124 valence electrons. The van der Waals surface area contributed by atoms with Crippen LogP contribution in [0.2, 0.25) is 0 Å². The molecule has 4 rings (SSSR count). The van der Waals surface area contributed by atoms with E-state index in [9.17, 15) is 4.79 Å². The van der Waals surface area contributed by atoms with Gasteiger partial charge in [0.05, 0.1) is 17.6 Å². The third-order valence-corrected chi connectivity index (χ3v) is 4.13. The molecule has 0 aliphatic heterocycles. The Morgan fingerprint density at radius 1 is 1.08 bits per heavy atom. The van der Waals surface area contributed by atoms with Crippen LogP contribution < -0.4 is 11.3 Å². The summed E-state index contributed by atoms with van der Waals surface area (Å²) in [6, 6.07) is 15.6. The van der Waals surface area contributed by atoms with E-state index in [1.165, 1.54) is 0 Å². The lowest BCUT2D eigenvalue weighted by molar-refractivity contribution is 0.803. The van der Waals surface area contributed by atoms with Gasteiger partial charge in [-0.2, -0.15) is 5.10 Å². The van der Waals surface area contributed by atoms with Gasteiger partial charge in [-0.15, -0.1) is 10.2 Å². The van der Waals surface area contributed by atoms with Crippen molar-refractivity contribution in [2.45, 2.75) is 13.1 Å². The van der Waals surface area contributed by atoms with Crippen LogP contribution in [0.15, 0.2) is 59.7 Å². The number of H-pyrrole nitrogens is 1. The summed E-state index contributed by atoms with van der Waals surface area (Å²) >= 11 is 0. The average molecular weight is 332 g/mol. The first-order valence-electron chi connectivity index (χ1n) is 7.90. The van der Waals surface area contributed by atoms with Gasteiger partial charge >= 0.3 is 0 Å². The van der Waals surface area contributed by atoms with Crippen molar-refractivity contribution >= 4 is 10.8 Å². The van der Waals surface area contributed by atoms with Crippen LogP contribution in [-0.2, 0) is 13.1 Å². The molecule has 0 atom stereocenters. The Labute approximate surface area is 143 Å². The minimum atomic E-state index is -0.232. The Kier molecular flexibility index (Phi) is 3.83. The number of hydrogen-bond donors (Lipinski definition) is 2. The molecule has 0 unspecified atom stereocenters. The van der Waals surface area contributed by atoms with Crippen LogP contribution in [-0.4, -0.2) is 25.0 Å². The number of aromatic nitrogens is 5. The maximum absolute atomic E-state index is 12.0. The molecule has 0 fully saturated rings. The van der Waals surface area contributed by atoms with Crippen LogP contribution in [0.25, 0.3) is 22.2 Å². The summed E-state index contributed by atoms with van der Waals surface area (Å²) in [5.74, 6) is 0.731. The van der Waals surface area contributed by atoms with Crippen LogP contribution >= 0.6 is 0 Å². The molecule has 7 nitrogen and oxygen atoms in total. The summed E-state index contributed by atoms with van der Waals surface area (Å²) < 4.78 is 1.97. The van der Waals surface area contributed by atoms with Crippen molar-refractivity contribution in [2.75, 3.05) is 0 Å². The molecule has 0 aliphatic carbocycles. The molecule has 0 spiro atoms. The molecular weight excluding hydrogens is 316 g/mol. The minimum Gasteiger partial charge on any atom is -0.325 e. The number of rotatable bonds is 4. The highest BCUT2D eigenvalue weighted by Gasteiger charge is 2.12.